The van der Waals surface area contributed by atoms with Crippen molar-refractivity contribution in [1.29, 1.82) is 0 Å². The van der Waals surface area contributed by atoms with Crippen LogP contribution in [0.4, 0.5) is 0 Å². The third kappa shape index (κ3) is 79.7. The van der Waals surface area contributed by atoms with E-state index in [1.165, 1.54) is 135 Å². The molecule has 20 N–H and O–H groups in total. The molecule has 24 nitrogen and oxygen atoms in total. The topological polar surface area (TPSA) is 395 Å². The van der Waals surface area contributed by atoms with Crippen LogP contribution >= 0.6 is 99.3 Å². The van der Waals surface area contributed by atoms with Crippen LogP contribution in [0.3, 0.4) is 0 Å². The van der Waals surface area contributed by atoms with Crippen molar-refractivity contribution in [2.24, 2.45) is 34.4 Å². The van der Waals surface area contributed by atoms with E-state index in [2.05, 4.69) is 97.4 Å². The minimum absolute atomic E-state index is 0. The molecule has 0 aromatic heterocycles. The van der Waals surface area contributed by atoms with Gasteiger partial charge < -0.3 is 86.7 Å². The number of hydrogen-bond donors (Lipinski definition) is 14. The van der Waals surface area contributed by atoms with Gasteiger partial charge in [0.05, 0.1) is 12.1 Å². The van der Waals surface area contributed by atoms with Crippen molar-refractivity contribution in [2.75, 3.05) is 92.1 Å². The number of likely N-dealkylation sites (N-methyl/N-ethyl adjacent to an activating group) is 1. The van der Waals surface area contributed by atoms with E-state index in [-0.39, 0.29) is 147 Å². The van der Waals surface area contributed by atoms with Gasteiger partial charge in [-0.25, -0.2) is 0 Å². The van der Waals surface area contributed by atoms with Gasteiger partial charge in [0.2, 0.25) is 47.3 Å². The molecule has 8 amide bonds. The molecule has 0 saturated carbocycles. The highest BCUT2D eigenvalue weighted by Crippen LogP contribution is 2.15. The first-order valence-corrected chi connectivity index (χ1v) is 43.9. The van der Waals surface area contributed by atoms with Crippen molar-refractivity contribution in [3.8, 4) is 0 Å². The van der Waals surface area contributed by atoms with Gasteiger partial charge in [-0.05, 0) is 219 Å². The minimum atomic E-state index is -0.692. The van der Waals surface area contributed by atoms with Crippen molar-refractivity contribution in [3.63, 3.8) is 0 Å². The van der Waals surface area contributed by atoms with Gasteiger partial charge in [-0.3, -0.25) is 38.4 Å². The Hall–Kier alpha value is -2.76. The highest BCUT2D eigenvalue weighted by molar-refractivity contribution is 5.91. The van der Waals surface area contributed by atoms with Gasteiger partial charge in [0.25, 0.3) is 0 Å². The maximum Gasteiger partial charge on any atom is 0.242 e. The Kier molecular flexibility index (Phi) is 111. The Morgan fingerprint density at radius 2 is 0.552 bits per heavy atom. The Morgan fingerprint density at radius 1 is 0.293 bits per heavy atom. The Labute approximate surface area is 754 Å². The standard InChI is InChI=1S/C47H93N9O4.C37H73N7O4.8ClH/c1-3-5-7-8-9-10-11-12-13-14-15-16-17-18-19-30-44(57)53-42(46(59)52-34-26-36-56-39-37-55(38-40-56)35-6-4-2)29-22-25-33-51-47(60)43(28-21-24-32-49)54-45(58)41(50)27-20-23-31-48;1-3-4-5-6-7-8-9-10-11-12-13-14-15-16-17-27-34(45)43-32(36(47)41-2)26-20-23-30-42-37(48)33(25-19-22-29-39)44-35(46)31(40)24-18-21-28-38;;;;;;;;/h12-13,41-43H,3-11,14-40,48-50H2,1-2H3,(H,51,60)(H,52,59)(H,53,57)(H,54,58);10-11,31-33H,3-9,12-30,38-40H2,1-2H3,(H,41,47)(H,42,48)(H,43,45)(H,44,46);8*1H/b13-12-;11-10-;;;;;;;;. The van der Waals surface area contributed by atoms with Crippen LogP contribution in [0.5, 0.6) is 0 Å². The van der Waals surface area contributed by atoms with Crippen molar-refractivity contribution in [1.82, 2.24) is 52.3 Å². The van der Waals surface area contributed by atoms with Crippen LogP contribution in [0.2, 0.25) is 0 Å². The first kappa shape index (κ1) is 131. The number of amides is 8. The molecule has 694 valence electrons. The summed E-state index contributed by atoms with van der Waals surface area (Å²) in [4.78, 5) is 108. The lowest BCUT2D eigenvalue weighted by Crippen LogP contribution is -2.51. The Morgan fingerprint density at radius 3 is 0.862 bits per heavy atom. The summed E-state index contributed by atoms with van der Waals surface area (Å²) >= 11 is 0. The van der Waals surface area contributed by atoms with Gasteiger partial charge in [-0.1, -0.05) is 167 Å². The summed E-state index contributed by atoms with van der Waals surface area (Å²) in [6, 6.07) is -3.98. The number of nitrogens with two attached hydrogens (primary N) is 6. The number of nitrogens with one attached hydrogen (secondary N) is 8. The van der Waals surface area contributed by atoms with Gasteiger partial charge in [0.15, 0.2) is 0 Å². The number of halogens is 8. The van der Waals surface area contributed by atoms with E-state index in [0.717, 1.165) is 129 Å². The van der Waals surface area contributed by atoms with Crippen LogP contribution in [0.1, 0.15) is 335 Å². The zero-order valence-corrected chi connectivity index (χ0v) is 79.0. The summed E-state index contributed by atoms with van der Waals surface area (Å²) < 4.78 is 0. The molecule has 1 fully saturated rings. The predicted molar refractivity (Wildman–Crippen MR) is 505 cm³/mol. The summed E-state index contributed by atoms with van der Waals surface area (Å²) in [7, 11) is 1.56. The average Bonchev–Trinajstić information content (AvgIpc) is 0.920. The largest absolute Gasteiger partial charge is 0.357 e. The first-order valence-electron chi connectivity index (χ1n) is 43.9. The fourth-order valence-electron chi connectivity index (χ4n) is 13.2. The van der Waals surface area contributed by atoms with Gasteiger partial charge in [-0.15, -0.1) is 99.3 Å². The molecule has 0 bridgehead atoms. The summed E-state index contributed by atoms with van der Waals surface area (Å²) in [6.07, 6.45) is 56.3. The van der Waals surface area contributed by atoms with E-state index in [4.69, 9.17) is 34.4 Å². The third-order valence-corrected chi connectivity index (χ3v) is 20.3. The number of carbonyl (C=O) groups excluding carboxylic acids is 8. The van der Waals surface area contributed by atoms with Crippen LogP contribution in [0, 0.1) is 0 Å². The number of unbranched alkanes of at least 4 members (excludes halogenated alkanes) is 29. The third-order valence-electron chi connectivity index (χ3n) is 20.3. The second kappa shape index (κ2) is 97.7. The second-order valence-electron chi connectivity index (χ2n) is 30.3. The fourth-order valence-corrected chi connectivity index (χ4v) is 13.2. The average molecular weight is 1820 g/mol. The van der Waals surface area contributed by atoms with Gasteiger partial charge >= 0.3 is 0 Å². The lowest BCUT2D eigenvalue weighted by Gasteiger charge is -2.34. The molecule has 1 heterocycles. The maximum absolute atomic E-state index is 13.4. The monoisotopic (exact) mass is 1820 g/mol. The maximum atomic E-state index is 13.4. The van der Waals surface area contributed by atoms with Crippen LogP contribution < -0.4 is 76.9 Å². The first-order chi connectivity index (χ1) is 52.5. The molecule has 6 atom stereocenters. The normalized spacial score (nSPS) is 13.3. The van der Waals surface area contributed by atoms with E-state index in [9.17, 15) is 38.4 Å². The highest BCUT2D eigenvalue weighted by Gasteiger charge is 2.27. The molecule has 0 aliphatic carbocycles. The summed E-state index contributed by atoms with van der Waals surface area (Å²) in [5, 5.41) is 23.2. The van der Waals surface area contributed by atoms with Gasteiger partial charge in [-0.2, -0.15) is 0 Å². The van der Waals surface area contributed by atoms with Crippen LogP contribution in [-0.4, -0.2) is 185 Å². The number of hydrogen-bond acceptors (Lipinski definition) is 16. The smallest absolute Gasteiger partial charge is 0.242 e. The van der Waals surface area contributed by atoms with Crippen LogP contribution in [0.25, 0.3) is 0 Å². The lowest BCUT2D eigenvalue weighted by molar-refractivity contribution is -0.130. The zero-order valence-electron chi connectivity index (χ0n) is 72.5. The van der Waals surface area contributed by atoms with Gasteiger partial charge in [0.1, 0.15) is 24.2 Å². The zero-order chi connectivity index (χ0) is 79.6. The molecule has 0 radical (unpaired) electrons. The number of allylic oxidation sites excluding steroid dienone is 4. The fraction of sp³-hybridized carbons (Fsp3) is 0.857. The molecule has 1 rings (SSSR count). The van der Waals surface area contributed by atoms with E-state index in [1.54, 1.807) is 7.05 Å². The minimum Gasteiger partial charge on any atom is -0.357 e. The predicted octanol–water partition coefficient (Wildman–Crippen LogP) is 13.8. The molecule has 0 aromatic carbocycles. The number of carbonyl (C=O) groups is 8. The lowest BCUT2D eigenvalue weighted by atomic mass is 10.1. The molecule has 0 spiro atoms. The van der Waals surface area contributed by atoms with Crippen molar-refractivity contribution < 1.29 is 38.4 Å². The van der Waals surface area contributed by atoms with Crippen molar-refractivity contribution >= 4 is 147 Å². The Bertz CT molecular complexity index is 2300. The number of piperazine rings is 1. The quantitative estimate of drug-likeness (QED) is 0.0199. The molecule has 1 saturated heterocycles. The molecule has 32 heteroatoms. The summed E-state index contributed by atoms with van der Waals surface area (Å²) in [5.41, 5.74) is 34.5. The molecule has 1 aliphatic rings. The molecule has 6 unspecified atom stereocenters. The van der Waals surface area contributed by atoms with Crippen molar-refractivity contribution in [3.05, 3.63) is 24.3 Å². The van der Waals surface area contributed by atoms with E-state index in [1.807, 2.05) is 0 Å². The van der Waals surface area contributed by atoms with E-state index < -0.39 is 36.3 Å². The van der Waals surface area contributed by atoms with Gasteiger partial charge in [0, 0.05) is 65.7 Å². The molecule has 0 aromatic rings. The van der Waals surface area contributed by atoms with Crippen molar-refractivity contribution in [2.45, 2.75) is 372 Å². The molecule has 116 heavy (non-hydrogen) atoms. The molecule has 1 aliphatic heterocycles. The van der Waals surface area contributed by atoms with Crippen LogP contribution in [0.15, 0.2) is 24.3 Å². The Balaban J connectivity index is -0.000000269. The molecular weight excluding hydrogens is 1640 g/mol. The second-order valence-corrected chi connectivity index (χ2v) is 30.3. The number of rotatable bonds is 73. The summed E-state index contributed by atoms with van der Waals surface area (Å²) in [6.45, 7) is 16.7. The highest BCUT2D eigenvalue weighted by atomic mass is 35.5. The van der Waals surface area contributed by atoms with E-state index in [0.29, 0.717) is 136 Å². The SMILES string of the molecule is CCCCCCCC/C=C\CCCCCCCC(=O)NC(CCCCNC(=O)C(CCCCN)NC(=O)C(N)CCCCN)C(=O)NC.CCCCCCCC/C=C\CCCCCCCC(=O)NC(CCCCNC(=O)C(CCCCN)NC(=O)C(N)CCCCN)C(=O)NCCCN1CCN(CCCC)CC1.Cl.Cl.Cl.Cl.Cl.Cl.Cl.Cl. The number of nitrogens with zero attached hydrogens (tertiary/aromatic N) is 2. The summed E-state index contributed by atoms with van der Waals surface area (Å²) in [5.74, 6) is -1.74. The van der Waals surface area contributed by atoms with E-state index >= 15 is 0 Å². The molecular formula is C84H174Cl8N16O8. The van der Waals surface area contributed by atoms with Crippen LogP contribution in [-0.2, 0) is 38.4 Å².